The van der Waals surface area contributed by atoms with Crippen molar-refractivity contribution in [1.29, 1.82) is 5.26 Å². The van der Waals surface area contributed by atoms with Gasteiger partial charge in [0, 0.05) is 38.2 Å². The van der Waals surface area contributed by atoms with E-state index in [0.29, 0.717) is 5.56 Å². The minimum absolute atomic E-state index is 0.624. The Balaban J connectivity index is 1.26. The van der Waals surface area contributed by atoms with Gasteiger partial charge in [-0.3, -0.25) is 4.57 Å². The molecule has 232 valence electrons. The molecule has 3 aromatic heterocycles. The zero-order chi connectivity index (χ0) is 33.2. The highest BCUT2D eigenvalue weighted by Gasteiger charge is 2.22. The molecule has 0 atom stereocenters. The third-order valence-corrected chi connectivity index (χ3v) is 9.95. The van der Waals surface area contributed by atoms with E-state index < -0.39 is 0 Å². The average Bonchev–Trinajstić information content (AvgIpc) is 3.70. The first-order valence-corrected chi connectivity index (χ1v) is 16.8. The van der Waals surface area contributed by atoms with Crippen LogP contribution in [0.5, 0.6) is 0 Å². The Morgan fingerprint density at radius 1 is 0.420 bits per heavy atom. The van der Waals surface area contributed by atoms with E-state index in [1.54, 1.807) is 0 Å². The molecule has 0 N–H and O–H groups in total. The van der Waals surface area contributed by atoms with E-state index in [-0.39, 0.29) is 0 Å². The molecule has 0 bridgehead atoms. The van der Waals surface area contributed by atoms with E-state index >= 15 is 0 Å². The lowest BCUT2D eigenvalue weighted by molar-refractivity contribution is 1.10. The van der Waals surface area contributed by atoms with E-state index in [1.807, 2.05) is 42.5 Å². The summed E-state index contributed by atoms with van der Waals surface area (Å²) in [7, 11) is 0. The van der Waals surface area contributed by atoms with Gasteiger partial charge in [-0.1, -0.05) is 121 Å². The van der Waals surface area contributed by atoms with Crippen LogP contribution in [0.3, 0.4) is 0 Å². The van der Waals surface area contributed by atoms with Gasteiger partial charge in [0.15, 0.2) is 0 Å². The van der Waals surface area contributed by atoms with Crippen molar-refractivity contribution < 1.29 is 0 Å². The first-order chi connectivity index (χ1) is 24.8. The zero-order valence-electron chi connectivity index (χ0n) is 27.0. The molecule has 0 amide bonds. The minimum atomic E-state index is 0.624. The fraction of sp³-hybridized carbons (Fsp3) is 0. The smallest absolute Gasteiger partial charge is 0.147 e. The summed E-state index contributed by atoms with van der Waals surface area (Å²) in [4.78, 5) is 5.32. The highest BCUT2D eigenvalue weighted by molar-refractivity contribution is 6.13. The molecule has 0 aliphatic heterocycles. The molecule has 0 aliphatic carbocycles. The van der Waals surface area contributed by atoms with Crippen LogP contribution in [0.2, 0.25) is 0 Å². The van der Waals surface area contributed by atoms with E-state index in [0.717, 1.165) is 66.5 Å². The topological polar surface area (TPSA) is 46.5 Å². The van der Waals surface area contributed by atoms with E-state index in [9.17, 15) is 5.26 Å². The quantitative estimate of drug-likeness (QED) is 0.193. The molecule has 4 nitrogen and oxygen atoms in total. The Bertz CT molecular complexity index is 2980. The van der Waals surface area contributed by atoms with Crippen molar-refractivity contribution in [3.05, 3.63) is 175 Å². The van der Waals surface area contributed by atoms with Crippen LogP contribution in [0, 0.1) is 11.3 Å². The first-order valence-electron chi connectivity index (χ1n) is 16.8. The molecule has 0 aliphatic rings. The lowest BCUT2D eigenvalue weighted by Crippen LogP contribution is -2.04. The molecule has 3 heterocycles. The van der Waals surface area contributed by atoms with Crippen molar-refractivity contribution >= 4 is 54.5 Å². The summed E-state index contributed by atoms with van der Waals surface area (Å²) >= 11 is 0. The molecular formula is C46H28N4. The Labute approximate surface area is 288 Å². The fourth-order valence-corrected chi connectivity index (χ4v) is 7.74. The van der Waals surface area contributed by atoms with E-state index in [2.05, 4.69) is 143 Å². The molecule has 10 rings (SSSR count). The van der Waals surface area contributed by atoms with Crippen molar-refractivity contribution in [2.75, 3.05) is 0 Å². The normalized spacial score (nSPS) is 11.6. The van der Waals surface area contributed by atoms with E-state index in [1.165, 1.54) is 21.8 Å². The van der Waals surface area contributed by atoms with Crippen LogP contribution in [0.4, 0.5) is 0 Å². The maximum atomic E-state index is 10.7. The molecule has 0 fully saturated rings. The van der Waals surface area contributed by atoms with Crippen molar-refractivity contribution in [1.82, 2.24) is 14.1 Å². The molecule has 0 unspecified atom stereocenters. The summed E-state index contributed by atoms with van der Waals surface area (Å²) in [5.41, 5.74) is 11.0. The largest absolute Gasteiger partial charge is 0.309 e. The van der Waals surface area contributed by atoms with Crippen LogP contribution in [0.1, 0.15) is 5.56 Å². The monoisotopic (exact) mass is 636 g/mol. The molecule has 4 heteroatoms. The van der Waals surface area contributed by atoms with Crippen LogP contribution < -0.4 is 0 Å². The Kier molecular flexibility index (Phi) is 6.21. The summed E-state index contributed by atoms with van der Waals surface area (Å²) in [6.07, 6.45) is 0. The van der Waals surface area contributed by atoms with Crippen molar-refractivity contribution in [3.8, 4) is 39.8 Å². The molecule has 7 aromatic carbocycles. The second-order valence-electron chi connectivity index (χ2n) is 12.7. The van der Waals surface area contributed by atoms with Crippen LogP contribution >= 0.6 is 0 Å². The fourth-order valence-electron chi connectivity index (χ4n) is 7.74. The number of fused-ring (bicyclic) bond motifs is 7. The maximum Gasteiger partial charge on any atom is 0.147 e. The van der Waals surface area contributed by atoms with Gasteiger partial charge in [-0.05, 0) is 65.2 Å². The van der Waals surface area contributed by atoms with Gasteiger partial charge in [0.25, 0.3) is 0 Å². The van der Waals surface area contributed by atoms with Gasteiger partial charge < -0.3 is 4.57 Å². The van der Waals surface area contributed by atoms with Crippen LogP contribution in [-0.2, 0) is 0 Å². The molecule has 0 saturated carbocycles. The standard InChI is InChI=1S/C46H28N4/c47-29-39-34-17-7-10-20-40(34)48-46(45(39)30-13-3-1-4-14-30)50-42-22-12-8-18-35(42)37-25-23-32(28-44(37)50)31-24-26-43-38(27-31)36-19-9-11-21-41(36)49(43)33-15-5-2-6-16-33/h1-28H. The number of rotatable bonds is 4. The molecule has 0 radical (unpaired) electrons. The second-order valence-corrected chi connectivity index (χ2v) is 12.7. The summed E-state index contributed by atoms with van der Waals surface area (Å²) in [5.74, 6) is 0.746. The number of para-hydroxylation sites is 4. The maximum absolute atomic E-state index is 10.7. The number of nitriles is 1. The lowest BCUT2D eigenvalue weighted by Gasteiger charge is -2.17. The summed E-state index contributed by atoms with van der Waals surface area (Å²) < 4.78 is 4.60. The van der Waals surface area contributed by atoms with Gasteiger partial charge >= 0.3 is 0 Å². The van der Waals surface area contributed by atoms with Crippen molar-refractivity contribution in [2.45, 2.75) is 0 Å². The van der Waals surface area contributed by atoms with Gasteiger partial charge in [-0.2, -0.15) is 5.26 Å². The second kappa shape index (κ2) is 11.1. The van der Waals surface area contributed by atoms with E-state index in [4.69, 9.17) is 4.98 Å². The third kappa shape index (κ3) is 4.14. The van der Waals surface area contributed by atoms with Gasteiger partial charge in [0.2, 0.25) is 0 Å². The van der Waals surface area contributed by atoms with Crippen LogP contribution in [-0.4, -0.2) is 14.1 Å². The molecular weight excluding hydrogens is 609 g/mol. The zero-order valence-corrected chi connectivity index (χ0v) is 27.0. The predicted octanol–water partition coefficient (Wildman–Crippen LogP) is 11.6. The number of pyridine rings is 1. The lowest BCUT2D eigenvalue weighted by atomic mass is 9.97. The van der Waals surface area contributed by atoms with Gasteiger partial charge in [0.1, 0.15) is 11.9 Å². The average molecular weight is 637 g/mol. The first kappa shape index (κ1) is 28.1. The number of aromatic nitrogens is 3. The Hall–Kier alpha value is -6.96. The number of hydrogen-bond acceptors (Lipinski definition) is 2. The highest BCUT2D eigenvalue weighted by Crippen LogP contribution is 2.41. The minimum Gasteiger partial charge on any atom is -0.309 e. The van der Waals surface area contributed by atoms with Gasteiger partial charge in [-0.25, -0.2) is 4.98 Å². The van der Waals surface area contributed by atoms with Crippen molar-refractivity contribution in [3.63, 3.8) is 0 Å². The van der Waals surface area contributed by atoms with Gasteiger partial charge in [-0.15, -0.1) is 0 Å². The number of hydrogen-bond donors (Lipinski definition) is 0. The molecule has 0 spiro atoms. The van der Waals surface area contributed by atoms with Crippen LogP contribution in [0.25, 0.3) is 88.3 Å². The molecule has 0 saturated heterocycles. The number of nitrogens with zero attached hydrogens (tertiary/aromatic N) is 4. The van der Waals surface area contributed by atoms with Gasteiger partial charge in [0.05, 0.1) is 33.1 Å². The third-order valence-electron chi connectivity index (χ3n) is 9.95. The Morgan fingerprint density at radius 3 is 1.74 bits per heavy atom. The number of benzene rings is 7. The Morgan fingerprint density at radius 2 is 0.980 bits per heavy atom. The summed E-state index contributed by atoms with van der Waals surface area (Å²) in [6, 6.07) is 61.9. The van der Waals surface area contributed by atoms with Crippen LogP contribution in [0.15, 0.2) is 170 Å². The summed E-state index contributed by atoms with van der Waals surface area (Å²) in [6.45, 7) is 0. The predicted molar refractivity (Wildman–Crippen MR) is 206 cm³/mol. The molecule has 50 heavy (non-hydrogen) atoms. The highest BCUT2D eigenvalue weighted by atomic mass is 15.1. The molecule has 10 aromatic rings. The summed E-state index contributed by atoms with van der Waals surface area (Å²) in [5, 5.41) is 16.2. The van der Waals surface area contributed by atoms with Crippen molar-refractivity contribution in [2.24, 2.45) is 0 Å². The SMILES string of the molecule is N#Cc1c(-c2ccccc2)c(-n2c3ccccc3c3ccc(-c4ccc5c(c4)c4ccccc4n5-c4ccccc4)cc32)nc2ccccc12.